The van der Waals surface area contributed by atoms with Crippen LogP contribution in [0.1, 0.15) is 5.56 Å². The number of thiophene rings is 1. The molecule has 18 heteroatoms. The van der Waals surface area contributed by atoms with E-state index in [-0.39, 0.29) is 34.7 Å². The number of halogens is 4. The van der Waals surface area contributed by atoms with Gasteiger partial charge in [0.05, 0.1) is 10.5 Å². The van der Waals surface area contributed by atoms with Crippen LogP contribution >= 0.6 is 34.3 Å². The lowest BCUT2D eigenvalue weighted by Gasteiger charge is -2.39. The maximum absolute atomic E-state index is 13.5. The Morgan fingerprint density at radius 1 is 1.18 bits per heavy atom. The van der Waals surface area contributed by atoms with E-state index < -0.39 is 39.6 Å². The van der Waals surface area contributed by atoms with Gasteiger partial charge in [0.1, 0.15) is 26.2 Å². The number of alkyl halides is 3. The Morgan fingerprint density at radius 2 is 1.93 bits per heavy atom. The first kappa shape index (κ1) is 28.3. The molecule has 0 bridgehead atoms. The highest BCUT2D eigenvalue weighted by atomic mass is 35.5. The molecule has 0 aliphatic carbocycles. The van der Waals surface area contributed by atoms with Gasteiger partial charge in [-0.1, -0.05) is 35.1 Å². The van der Waals surface area contributed by atoms with Crippen molar-refractivity contribution >= 4 is 65.6 Å². The van der Waals surface area contributed by atoms with Crippen LogP contribution < -0.4 is 20.5 Å². The summed E-state index contributed by atoms with van der Waals surface area (Å²) in [6, 6.07) is 6.53. The van der Waals surface area contributed by atoms with Gasteiger partial charge in [0.2, 0.25) is 5.91 Å². The van der Waals surface area contributed by atoms with Crippen LogP contribution in [0.4, 0.5) is 18.3 Å². The Labute approximate surface area is 237 Å². The van der Waals surface area contributed by atoms with Gasteiger partial charge < -0.3 is 15.0 Å². The first-order valence-electron chi connectivity index (χ1n) is 11.4. The van der Waals surface area contributed by atoms with Crippen molar-refractivity contribution in [3.63, 3.8) is 0 Å². The number of nitrogens with zero attached hydrogens (tertiary/aromatic N) is 4. The summed E-state index contributed by atoms with van der Waals surface area (Å²) in [6.07, 6.45) is -3.44. The number of anilines is 1. The Morgan fingerprint density at radius 3 is 2.58 bits per heavy atom. The van der Waals surface area contributed by atoms with Gasteiger partial charge in [-0.2, -0.15) is 9.40 Å². The van der Waals surface area contributed by atoms with E-state index in [4.69, 9.17) is 11.6 Å². The number of aromatic amines is 1. The smallest absolute Gasteiger partial charge is 0.406 e. The molecular weight excluding hydrogens is 617 g/mol. The lowest BCUT2D eigenvalue weighted by atomic mass is 10.1. The molecule has 212 valence electrons. The van der Waals surface area contributed by atoms with E-state index in [0.717, 1.165) is 39.1 Å². The lowest BCUT2D eigenvalue weighted by molar-refractivity contribution is -0.274. The zero-order valence-electron chi connectivity index (χ0n) is 20.0. The molecule has 1 aliphatic rings. The number of sulfonamides is 1. The number of piperazine rings is 1. The maximum atomic E-state index is 13.5. The maximum Gasteiger partial charge on any atom is 0.573 e. The Balaban J connectivity index is 1.38. The minimum absolute atomic E-state index is 0.0263. The number of fused-ring (bicyclic) bond motifs is 1. The highest BCUT2D eigenvalue weighted by Crippen LogP contribution is 2.33. The molecule has 1 amide bonds. The van der Waals surface area contributed by atoms with Gasteiger partial charge in [0, 0.05) is 26.2 Å². The summed E-state index contributed by atoms with van der Waals surface area (Å²) >= 11 is 7.91. The summed E-state index contributed by atoms with van der Waals surface area (Å²) in [5, 5.41) is 9.15. The van der Waals surface area contributed by atoms with Gasteiger partial charge in [0.15, 0.2) is 5.13 Å². The normalized spacial score (nSPS) is 16.8. The number of H-pyrrole nitrogens is 1. The summed E-state index contributed by atoms with van der Waals surface area (Å²) in [7, 11) is -4.10. The van der Waals surface area contributed by atoms with E-state index in [1.165, 1.54) is 30.5 Å². The average Bonchev–Trinajstić information content (AvgIpc) is 3.55. The van der Waals surface area contributed by atoms with Crippen LogP contribution in [-0.2, 0) is 21.4 Å². The van der Waals surface area contributed by atoms with Crippen molar-refractivity contribution in [2.24, 2.45) is 0 Å². The monoisotopic (exact) mass is 634 g/mol. The van der Waals surface area contributed by atoms with E-state index in [0.29, 0.717) is 20.9 Å². The number of hydrogen-bond donors (Lipinski definition) is 2. The van der Waals surface area contributed by atoms with Crippen molar-refractivity contribution in [1.82, 2.24) is 24.8 Å². The molecule has 4 aromatic rings. The van der Waals surface area contributed by atoms with Crippen molar-refractivity contribution in [3.8, 4) is 5.75 Å². The second-order valence-corrected chi connectivity index (χ2v) is 13.3. The standard InChI is InChI=1S/C22H18ClF3N6O5S3/c23-16-5-6-17(38-16)40(35,36)32-8-7-31(21-29-14-10-28-30-20(34)18(14)39-21)11-15(32)19(33)27-9-12-1-3-13(4-2-12)37-22(24,25)26/h1-6,10,15H,7-9,11H2,(H,27,33)(H,30,34)/t15-/m1/s1. The molecule has 40 heavy (non-hydrogen) atoms. The number of benzene rings is 1. The third kappa shape index (κ3) is 6.07. The number of carbonyl (C=O) groups is 1. The molecule has 11 nitrogen and oxygen atoms in total. The SMILES string of the molecule is O=C(NCc1ccc(OC(F)(F)F)cc1)[C@H]1CN(c2nc3cn[nH]c(=O)c3s2)CCN1S(=O)(=O)c1ccc(Cl)s1. The Bertz CT molecular complexity index is 1710. The molecule has 5 rings (SSSR count). The topological polar surface area (TPSA) is 138 Å². The van der Waals surface area contributed by atoms with E-state index in [1.54, 1.807) is 4.90 Å². The molecule has 1 saturated heterocycles. The van der Waals surface area contributed by atoms with E-state index in [9.17, 15) is 31.2 Å². The molecular formula is C22H18ClF3N6O5S3. The van der Waals surface area contributed by atoms with Crippen LogP contribution in [0.15, 0.2) is 51.6 Å². The minimum atomic E-state index is -4.84. The van der Waals surface area contributed by atoms with Gasteiger partial charge >= 0.3 is 6.36 Å². The second-order valence-electron chi connectivity index (χ2n) is 8.46. The zero-order valence-corrected chi connectivity index (χ0v) is 23.2. The van der Waals surface area contributed by atoms with Gasteiger partial charge in [-0.05, 0) is 29.8 Å². The first-order chi connectivity index (χ1) is 18.9. The van der Waals surface area contributed by atoms with Gasteiger partial charge in [-0.15, -0.1) is 24.5 Å². The molecule has 4 heterocycles. The quantitative estimate of drug-likeness (QED) is 0.316. The van der Waals surface area contributed by atoms with Crippen LogP contribution in [0.2, 0.25) is 4.34 Å². The molecule has 3 aromatic heterocycles. The van der Waals surface area contributed by atoms with Crippen molar-refractivity contribution in [1.29, 1.82) is 0 Å². The predicted molar refractivity (Wildman–Crippen MR) is 142 cm³/mol. The summed E-state index contributed by atoms with van der Waals surface area (Å²) in [5.41, 5.74) is 0.414. The summed E-state index contributed by atoms with van der Waals surface area (Å²) in [4.78, 5) is 31.6. The molecule has 1 aromatic carbocycles. The Hall–Kier alpha value is -3.25. The van der Waals surface area contributed by atoms with E-state index in [1.807, 2.05) is 0 Å². The zero-order chi connectivity index (χ0) is 28.7. The van der Waals surface area contributed by atoms with Crippen LogP contribution in [0, 0.1) is 0 Å². The third-order valence-electron chi connectivity index (χ3n) is 5.84. The van der Waals surface area contributed by atoms with Crippen molar-refractivity contribution in [3.05, 3.63) is 62.8 Å². The predicted octanol–water partition coefficient (Wildman–Crippen LogP) is 3.19. The molecule has 0 spiro atoms. The molecule has 0 saturated carbocycles. The largest absolute Gasteiger partial charge is 0.573 e. The highest BCUT2D eigenvalue weighted by molar-refractivity contribution is 7.91. The fraction of sp³-hybridized carbons (Fsp3) is 0.273. The second kappa shape index (κ2) is 11.0. The Kier molecular flexibility index (Phi) is 7.75. The number of rotatable bonds is 7. The minimum Gasteiger partial charge on any atom is -0.406 e. The molecule has 0 radical (unpaired) electrons. The van der Waals surface area contributed by atoms with Crippen LogP contribution in [0.5, 0.6) is 5.75 Å². The third-order valence-corrected chi connectivity index (χ3v) is 10.6. The number of thiazole rings is 1. The van der Waals surface area contributed by atoms with Crippen molar-refractivity contribution < 1.29 is 31.1 Å². The molecule has 1 aliphatic heterocycles. The highest BCUT2D eigenvalue weighted by Gasteiger charge is 2.41. The van der Waals surface area contributed by atoms with Gasteiger partial charge in [0.25, 0.3) is 15.6 Å². The average molecular weight is 635 g/mol. The van der Waals surface area contributed by atoms with Gasteiger partial charge in [-0.3, -0.25) is 9.59 Å². The van der Waals surface area contributed by atoms with Crippen molar-refractivity contribution in [2.45, 2.75) is 23.2 Å². The fourth-order valence-electron chi connectivity index (χ4n) is 4.02. The van der Waals surface area contributed by atoms with E-state index in [2.05, 4.69) is 25.2 Å². The fourth-order valence-corrected chi connectivity index (χ4v) is 8.16. The molecule has 1 fully saturated rings. The summed E-state index contributed by atoms with van der Waals surface area (Å²) < 4.78 is 69.7. The molecule has 2 N–H and O–H groups in total. The molecule has 1 atom stereocenters. The number of aromatic nitrogens is 3. The van der Waals surface area contributed by atoms with Crippen LogP contribution in [0.3, 0.4) is 0 Å². The number of nitrogens with one attached hydrogen (secondary N) is 2. The number of amides is 1. The lowest BCUT2D eigenvalue weighted by Crippen LogP contribution is -2.60. The van der Waals surface area contributed by atoms with Crippen LogP contribution in [0.25, 0.3) is 10.2 Å². The summed E-state index contributed by atoms with van der Waals surface area (Å²) in [6.45, 7) is -0.0336. The molecule has 0 unspecified atom stereocenters. The number of carbonyl (C=O) groups excluding carboxylic acids is 1. The van der Waals surface area contributed by atoms with Crippen molar-refractivity contribution in [2.75, 3.05) is 24.5 Å². The first-order valence-corrected chi connectivity index (χ1v) is 14.8. The number of ether oxygens (including phenoxy) is 1. The van der Waals surface area contributed by atoms with Crippen LogP contribution in [-0.4, -0.2) is 65.9 Å². The van der Waals surface area contributed by atoms with Gasteiger partial charge in [-0.25, -0.2) is 18.5 Å². The summed E-state index contributed by atoms with van der Waals surface area (Å²) in [5.74, 6) is -1.05. The number of hydrogen-bond acceptors (Lipinski definition) is 10. The van der Waals surface area contributed by atoms with E-state index >= 15 is 0 Å².